The minimum Gasteiger partial charge on any atom is -0.473 e. The van der Waals surface area contributed by atoms with E-state index >= 15 is 0 Å². The maximum absolute atomic E-state index is 5.81. The molecule has 0 bridgehead atoms. The van der Waals surface area contributed by atoms with Crippen LogP contribution in [0.2, 0.25) is 0 Å². The number of hydrogen-bond acceptors (Lipinski definition) is 5. The number of hydrogen-bond donors (Lipinski definition) is 2. The third-order valence-corrected chi connectivity index (χ3v) is 4.96. The summed E-state index contributed by atoms with van der Waals surface area (Å²) < 4.78 is 5.81. The van der Waals surface area contributed by atoms with Crippen molar-refractivity contribution in [2.75, 3.05) is 13.1 Å². The molecule has 6 nitrogen and oxygen atoms in total. The van der Waals surface area contributed by atoms with E-state index in [2.05, 4.69) is 37.9 Å². The van der Waals surface area contributed by atoms with Gasteiger partial charge in [-0.05, 0) is 31.0 Å². The molecule has 2 N–H and O–H groups in total. The highest BCUT2D eigenvalue weighted by molar-refractivity contribution is 14.0. The second kappa shape index (κ2) is 13.2. The molecule has 0 atom stereocenters. The van der Waals surface area contributed by atoms with Crippen molar-refractivity contribution >= 4 is 41.3 Å². The van der Waals surface area contributed by atoms with Crippen LogP contribution in [0.4, 0.5) is 0 Å². The van der Waals surface area contributed by atoms with Gasteiger partial charge in [-0.2, -0.15) is 0 Å². The van der Waals surface area contributed by atoms with Crippen molar-refractivity contribution in [3.63, 3.8) is 0 Å². The van der Waals surface area contributed by atoms with Crippen LogP contribution in [0.15, 0.2) is 59.0 Å². The monoisotopic (exact) mass is 537 g/mol. The lowest BCUT2D eigenvalue weighted by molar-refractivity contribution is 0.293. The van der Waals surface area contributed by atoms with E-state index in [0.29, 0.717) is 19.0 Å². The summed E-state index contributed by atoms with van der Waals surface area (Å²) in [6, 6.07) is 14.0. The van der Waals surface area contributed by atoms with Crippen molar-refractivity contribution in [3.8, 4) is 5.88 Å². The summed E-state index contributed by atoms with van der Waals surface area (Å²) in [6.07, 6.45) is 2.64. The van der Waals surface area contributed by atoms with Gasteiger partial charge in [0.25, 0.3) is 0 Å². The molecule has 0 radical (unpaired) electrons. The Labute approximate surface area is 199 Å². The van der Waals surface area contributed by atoms with E-state index in [0.717, 1.165) is 47.3 Å². The molecule has 1 aromatic carbocycles. The number of guanidine groups is 1. The van der Waals surface area contributed by atoms with Crippen molar-refractivity contribution in [2.24, 2.45) is 4.99 Å². The number of pyridine rings is 1. The molecule has 3 rings (SSSR count). The summed E-state index contributed by atoms with van der Waals surface area (Å²) in [6.45, 7) is 6.74. The van der Waals surface area contributed by atoms with E-state index in [1.165, 1.54) is 0 Å². The van der Waals surface area contributed by atoms with E-state index in [4.69, 9.17) is 4.74 Å². The number of aromatic nitrogens is 2. The Morgan fingerprint density at radius 1 is 1.13 bits per heavy atom. The third-order valence-electron chi connectivity index (χ3n) is 4.13. The number of aryl methyl sites for hydroxylation is 1. The first kappa shape index (κ1) is 24.1. The van der Waals surface area contributed by atoms with Crippen LogP contribution in [0.25, 0.3) is 0 Å². The summed E-state index contributed by atoms with van der Waals surface area (Å²) in [7, 11) is 0. The predicted octanol–water partition coefficient (Wildman–Crippen LogP) is 4.34. The molecule has 8 heteroatoms. The van der Waals surface area contributed by atoms with E-state index in [1.54, 1.807) is 17.5 Å². The number of aliphatic imine (C=N–C) groups is 1. The van der Waals surface area contributed by atoms with Crippen molar-refractivity contribution in [3.05, 3.63) is 75.9 Å². The molecule has 0 saturated carbocycles. The number of rotatable bonds is 9. The quantitative estimate of drug-likeness (QED) is 0.242. The molecule has 0 aliphatic heterocycles. The lowest BCUT2D eigenvalue weighted by Gasteiger charge is -2.11. The van der Waals surface area contributed by atoms with Crippen LogP contribution in [0, 0.1) is 6.92 Å². The topological polar surface area (TPSA) is 71.4 Å². The fraction of sp³-hybridized carbons (Fsp3) is 0.318. The van der Waals surface area contributed by atoms with Crippen LogP contribution in [0.1, 0.15) is 28.8 Å². The number of thiazole rings is 1. The van der Waals surface area contributed by atoms with Gasteiger partial charge in [-0.25, -0.2) is 15.0 Å². The normalized spacial score (nSPS) is 10.9. The van der Waals surface area contributed by atoms with Gasteiger partial charge in [0.1, 0.15) is 6.61 Å². The lowest BCUT2D eigenvalue weighted by atomic mass is 10.2. The Kier molecular flexibility index (Phi) is 10.6. The van der Waals surface area contributed by atoms with Crippen LogP contribution in [-0.2, 0) is 19.6 Å². The fourth-order valence-electron chi connectivity index (χ4n) is 2.70. The standard InChI is InChI=1S/C22H27N5OS.HI/c1-3-23-22(25-12-10-20-16-29-17(2)27-20)26-14-19-9-11-24-21(13-19)28-15-18-7-5-4-6-8-18;/h4-9,11,13,16H,3,10,12,14-15H2,1-2H3,(H2,23,25,26);1H. The van der Waals surface area contributed by atoms with Crippen LogP contribution >= 0.6 is 35.3 Å². The SMILES string of the molecule is CCNC(=NCc1ccnc(OCc2ccccc2)c1)NCCc1csc(C)n1.I. The van der Waals surface area contributed by atoms with E-state index in [-0.39, 0.29) is 24.0 Å². The predicted molar refractivity (Wildman–Crippen MR) is 134 cm³/mol. The molecule has 3 aromatic rings. The highest BCUT2D eigenvalue weighted by Crippen LogP contribution is 2.12. The van der Waals surface area contributed by atoms with Gasteiger partial charge in [0.05, 0.1) is 17.2 Å². The average molecular weight is 537 g/mol. The van der Waals surface area contributed by atoms with Gasteiger partial charge in [-0.1, -0.05) is 30.3 Å². The molecular formula is C22H28IN5OS. The Morgan fingerprint density at radius 3 is 2.70 bits per heavy atom. The van der Waals surface area contributed by atoms with Gasteiger partial charge in [0, 0.05) is 37.2 Å². The molecule has 0 fully saturated rings. The number of nitrogens with zero attached hydrogens (tertiary/aromatic N) is 3. The first-order valence-corrected chi connectivity index (χ1v) is 10.7. The van der Waals surface area contributed by atoms with Gasteiger partial charge in [0.2, 0.25) is 5.88 Å². The number of ether oxygens (including phenoxy) is 1. The summed E-state index contributed by atoms with van der Waals surface area (Å²) in [5.41, 5.74) is 3.28. The smallest absolute Gasteiger partial charge is 0.213 e. The zero-order valence-electron chi connectivity index (χ0n) is 17.3. The Bertz CT molecular complexity index is 917. The minimum absolute atomic E-state index is 0. The highest BCUT2D eigenvalue weighted by Gasteiger charge is 2.03. The summed E-state index contributed by atoms with van der Waals surface area (Å²) >= 11 is 1.68. The van der Waals surface area contributed by atoms with E-state index < -0.39 is 0 Å². The maximum Gasteiger partial charge on any atom is 0.213 e. The molecule has 0 aliphatic rings. The van der Waals surface area contributed by atoms with E-state index in [9.17, 15) is 0 Å². The Balaban J connectivity index is 0.00000320. The molecule has 160 valence electrons. The number of halogens is 1. The summed E-state index contributed by atoms with van der Waals surface area (Å²) in [4.78, 5) is 13.5. The van der Waals surface area contributed by atoms with Crippen LogP contribution in [0.5, 0.6) is 5.88 Å². The molecule has 0 saturated heterocycles. The second-order valence-electron chi connectivity index (χ2n) is 6.51. The number of nitrogens with one attached hydrogen (secondary N) is 2. The molecule has 2 aromatic heterocycles. The average Bonchev–Trinajstić information content (AvgIpc) is 3.16. The molecule has 2 heterocycles. The van der Waals surface area contributed by atoms with Crippen molar-refractivity contribution < 1.29 is 4.74 Å². The highest BCUT2D eigenvalue weighted by atomic mass is 127. The van der Waals surface area contributed by atoms with Gasteiger partial charge in [-0.3, -0.25) is 0 Å². The zero-order chi connectivity index (χ0) is 20.3. The van der Waals surface area contributed by atoms with Gasteiger partial charge in [-0.15, -0.1) is 35.3 Å². The first-order chi connectivity index (χ1) is 14.2. The van der Waals surface area contributed by atoms with E-state index in [1.807, 2.05) is 49.4 Å². The molecule has 0 amide bonds. The fourth-order valence-corrected chi connectivity index (χ4v) is 3.35. The second-order valence-corrected chi connectivity index (χ2v) is 7.57. The first-order valence-electron chi connectivity index (χ1n) is 9.78. The Morgan fingerprint density at radius 2 is 1.97 bits per heavy atom. The number of benzene rings is 1. The summed E-state index contributed by atoms with van der Waals surface area (Å²) in [5, 5.41) is 9.85. The van der Waals surface area contributed by atoms with Crippen molar-refractivity contribution in [1.82, 2.24) is 20.6 Å². The largest absolute Gasteiger partial charge is 0.473 e. The van der Waals surface area contributed by atoms with Crippen molar-refractivity contribution in [2.45, 2.75) is 33.4 Å². The maximum atomic E-state index is 5.81. The molecule has 0 unspecified atom stereocenters. The molecule has 0 spiro atoms. The van der Waals surface area contributed by atoms with Gasteiger partial charge >= 0.3 is 0 Å². The summed E-state index contributed by atoms with van der Waals surface area (Å²) in [5.74, 6) is 1.40. The van der Waals surface area contributed by atoms with Crippen LogP contribution in [-0.4, -0.2) is 29.0 Å². The lowest BCUT2D eigenvalue weighted by Crippen LogP contribution is -2.38. The van der Waals surface area contributed by atoms with Gasteiger partial charge < -0.3 is 15.4 Å². The molecular weight excluding hydrogens is 509 g/mol. The molecule has 0 aliphatic carbocycles. The molecule has 30 heavy (non-hydrogen) atoms. The van der Waals surface area contributed by atoms with Crippen LogP contribution in [0.3, 0.4) is 0 Å². The zero-order valence-corrected chi connectivity index (χ0v) is 20.4. The Hall–Kier alpha value is -2.20. The van der Waals surface area contributed by atoms with Crippen molar-refractivity contribution in [1.29, 1.82) is 0 Å². The minimum atomic E-state index is 0. The third kappa shape index (κ3) is 8.27. The van der Waals surface area contributed by atoms with Gasteiger partial charge in [0.15, 0.2) is 5.96 Å². The van der Waals surface area contributed by atoms with Crippen LogP contribution < -0.4 is 15.4 Å².